The highest BCUT2D eigenvalue weighted by atomic mass is 16.3. The van der Waals surface area contributed by atoms with E-state index in [4.69, 9.17) is 5.73 Å². The van der Waals surface area contributed by atoms with Gasteiger partial charge in [0.05, 0.1) is 6.10 Å². The lowest BCUT2D eigenvalue weighted by Gasteiger charge is -2.10. The van der Waals surface area contributed by atoms with Gasteiger partial charge >= 0.3 is 0 Å². The fourth-order valence-electron chi connectivity index (χ4n) is 1.32. The topological polar surface area (TPSA) is 63.3 Å². The first-order valence-corrected chi connectivity index (χ1v) is 4.62. The van der Waals surface area contributed by atoms with Crippen LogP contribution in [0.1, 0.15) is 30.1 Å². The van der Waals surface area contributed by atoms with Crippen LogP contribution in [-0.4, -0.2) is 11.0 Å². The molecule has 0 unspecified atom stereocenters. The molecule has 1 amide bonds. The van der Waals surface area contributed by atoms with Gasteiger partial charge in [-0.05, 0) is 18.9 Å². The van der Waals surface area contributed by atoms with E-state index in [0.29, 0.717) is 6.42 Å². The van der Waals surface area contributed by atoms with Crippen molar-refractivity contribution in [3.8, 4) is 0 Å². The molecular weight excluding hydrogens is 178 g/mol. The molecule has 3 nitrogen and oxygen atoms in total. The molecule has 0 bridgehead atoms. The summed E-state index contributed by atoms with van der Waals surface area (Å²) in [6.07, 6.45) is 0.0101. The van der Waals surface area contributed by atoms with Crippen LogP contribution in [0.3, 0.4) is 0 Å². The van der Waals surface area contributed by atoms with Crippen molar-refractivity contribution >= 4 is 5.91 Å². The molecular formula is C11H15NO2. The third kappa shape index (κ3) is 3.18. The van der Waals surface area contributed by atoms with E-state index in [2.05, 4.69) is 0 Å². The molecule has 0 aliphatic heterocycles. The monoisotopic (exact) mass is 193 g/mol. The Morgan fingerprint density at radius 3 is 2.86 bits per heavy atom. The van der Waals surface area contributed by atoms with Crippen molar-refractivity contribution in [2.45, 2.75) is 25.9 Å². The normalized spacial score (nSPS) is 12.4. The summed E-state index contributed by atoms with van der Waals surface area (Å²) in [6.45, 7) is 1.96. The van der Waals surface area contributed by atoms with Crippen molar-refractivity contribution in [1.29, 1.82) is 0 Å². The van der Waals surface area contributed by atoms with E-state index in [1.807, 2.05) is 31.2 Å². The maximum atomic E-state index is 10.5. The van der Waals surface area contributed by atoms with Crippen molar-refractivity contribution in [2.24, 2.45) is 5.73 Å². The number of aliphatic hydroxyl groups is 1. The highest BCUT2D eigenvalue weighted by Gasteiger charge is 2.08. The standard InChI is InChI=1S/C11H15NO2/c1-8-3-2-4-9(7-8)10(13)5-6-11(12)14/h2-4,7,10,13H,5-6H2,1H3,(H2,12,14)/t10-/m1/s1. The van der Waals surface area contributed by atoms with Crippen molar-refractivity contribution in [3.63, 3.8) is 0 Å². The second-order valence-electron chi connectivity index (χ2n) is 3.43. The summed E-state index contributed by atoms with van der Waals surface area (Å²) in [4.78, 5) is 10.5. The minimum absolute atomic E-state index is 0.217. The summed E-state index contributed by atoms with van der Waals surface area (Å²) >= 11 is 0. The van der Waals surface area contributed by atoms with Crippen molar-refractivity contribution in [1.82, 2.24) is 0 Å². The number of benzene rings is 1. The fraction of sp³-hybridized carbons (Fsp3) is 0.364. The van der Waals surface area contributed by atoms with Gasteiger partial charge in [-0.15, -0.1) is 0 Å². The highest BCUT2D eigenvalue weighted by Crippen LogP contribution is 2.18. The zero-order valence-corrected chi connectivity index (χ0v) is 8.23. The van der Waals surface area contributed by atoms with Crippen LogP contribution in [0.15, 0.2) is 24.3 Å². The molecule has 76 valence electrons. The summed E-state index contributed by atoms with van der Waals surface area (Å²) < 4.78 is 0. The summed E-state index contributed by atoms with van der Waals surface area (Å²) in [5, 5.41) is 9.69. The number of hydrogen-bond acceptors (Lipinski definition) is 2. The van der Waals surface area contributed by atoms with Crippen LogP contribution in [0, 0.1) is 6.92 Å². The number of aliphatic hydroxyl groups excluding tert-OH is 1. The van der Waals surface area contributed by atoms with Gasteiger partial charge in [-0.1, -0.05) is 29.8 Å². The van der Waals surface area contributed by atoms with Gasteiger partial charge in [-0.25, -0.2) is 0 Å². The Bertz CT molecular complexity index is 323. The van der Waals surface area contributed by atoms with Gasteiger partial charge in [0.2, 0.25) is 5.91 Å². The Morgan fingerprint density at radius 2 is 2.29 bits per heavy atom. The molecule has 3 heteroatoms. The van der Waals surface area contributed by atoms with Crippen LogP contribution in [0.25, 0.3) is 0 Å². The molecule has 1 aromatic carbocycles. The Morgan fingerprint density at radius 1 is 1.57 bits per heavy atom. The predicted molar refractivity (Wildman–Crippen MR) is 54.6 cm³/mol. The van der Waals surface area contributed by atoms with Crippen LogP contribution in [0.5, 0.6) is 0 Å². The number of carbonyl (C=O) groups is 1. The fourth-order valence-corrected chi connectivity index (χ4v) is 1.32. The van der Waals surface area contributed by atoms with E-state index in [9.17, 15) is 9.90 Å². The zero-order chi connectivity index (χ0) is 10.6. The first-order chi connectivity index (χ1) is 6.59. The summed E-state index contributed by atoms with van der Waals surface area (Å²) in [5.74, 6) is -0.378. The first-order valence-electron chi connectivity index (χ1n) is 4.62. The number of nitrogens with two attached hydrogens (primary N) is 1. The number of aryl methyl sites for hydroxylation is 1. The minimum atomic E-state index is -0.595. The van der Waals surface area contributed by atoms with Crippen molar-refractivity contribution in [3.05, 3.63) is 35.4 Å². The van der Waals surface area contributed by atoms with Gasteiger partial charge in [0.15, 0.2) is 0 Å². The number of hydrogen-bond donors (Lipinski definition) is 2. The number of amides is 1. The molecule has 0 aromatic heterocycles. The van der Waals surface area contributed by atoms with E-state index in [1.165, 1.54) is 0 Å². The second-order valence-corrected chi connectivity index (χ2v) is 3.43. The zero-order valence-electron chi connectivity index (χ0n) is 8.23. The molecule has 14 heavy (non-hydrogen) atoms. The largest absolute Gasteiger partial charge is 0.388 e. The molecule has 3 N–H and O–H groups in total. The molecule has 0 spiro atoms. The van der Waals surface area contributed by atoms with Crippen molar-refractivity contribution in [2.75, 3.05) is 0 Å². The van der Waals surface area contributed by atoms with Gasteiger partial charge in [0.1, 0.15) is 0 Å². The van der Waals surface area contributed by atoms with E-state index in [-0.39, 0.29) is 12.3 Å². The molecule has 0 aliphatic rings. The Kier molecular flexibility index (Phi) is 3.65. The maximum Gasteiger partial charge on any atom is 0.217 e. The maximum absolute atomic E-state index is 10.5. The van der Waals surface area contributed by atoms with E-state index in [1.54, 1.807) is 0 Å². The van der Waals surface area contributed by atoms with E-state index in [0.717, 1.165) is 11.1 Å². The average molecular weight is 193 g/mol. The van der Waals surface area contributed by atoms with Gasteiger partial charge in [-0.2, -0.15) is 0 Å². The molecule has 0 saturated heterocycles. The summed E-state index contributed by atoms with van der Waals surface area (Å²) in [7, 11) is 0. The van der Waals surface area contributed by atoms with Gasteiger partial charge < -0.3 is 10.8 Å². The van der Waals surface area contributed by atoms with Crippen molar-refractivity contribution < 1.29 is 9.90 Å². The predicted octanol–water partition coefficient (Wildman–Crippen LogP) is 1.29. The first kappa shape index (κ1) is 10.7. The summed E-state index contributed by atoms with van der Waals surface area (Å²) in [6, 6.07) is 7.60. The Hall–Kier alpha value is -1.35. The van der Waals surface area contributed by atoms with Gasteiger partial charge in [0.25, 0.3) is 0 Å². The third-order valence-electron chi connectivity index (χ3n) is 2.09. The van der Waals surface area contributed by atoms with Crippen LogP contribution >= 0.6 is 0 Å². The van der Waals surface area contributed by atoms with E-state index < -0.39 is 6.10 Å². The lowest BCUT2D eigenvalue weighted by Crippen LogP contribution is -2.12. The van der Waals surface area contributed by atoms with Crippen LogP contribution < -0.4 is 5.73 Å². The lowest BCUT2D eigenvalue weighted by atomic mass is 10.0. The molecule has 0 fully saturated rings. The SMILES string of the molecule is Cc1cccc([C@H](O)CCC(N)=O)c1. The smallest absolute Gasteiger partial charge is 0.217 e. The van der Waals surface area contributed by atoms with E-state index >= 15 is 0 Å². The lowest BCUT2D eigenvalue weighted by molar-refractivity contribution is -0.118. The third-order valence-corrected chi connectivity index (χ3v) is 2.09. The summed E-state index contributed by atoms with van der Waals surface area (Å²) in [5.41, 5.74) is 6.94. The van der Waals surface area contributed by atoms with Gasteiger partial charge in [-0.3, -0.25) is 4.79 Å². The van der Waals surface area contributed by atoms with Crippen LogP contribution in [0.2, 0.25) is 0 Å². The Labute approximate surface area is 83.6 Å². The molecule has 0 heterocycles. The highest BCUT2D eigenvalue weighted by molar-refractivity contribution is 5.73. The second kappa shape index (κ2) is 4.77. The minimum Gasteiger partial charge on any atom is -0.388 e. The quantitative estimate of drug-likeness (QED) is 0.756. The van der Waals surface area contributed by atoms with Crippen LogP contribution in [0.4, 0.5) is 0 Å². The van der Waals surface area contributed by atoms with Crippen LogP contribution in [-0.2, 0) is 4.79 Å². The molecule has 0 saturated carbocycles. The average Bonchev–Trinajstić information content (AvgIpc) is 2.14. The molecule has 1 aromatic rings. The Balaban J connectivity index is 2.60. The number of primary amides is 1. The molecule has 0 aliphatic carbocycles. The molecule has 0 radical (unpaired) electrons. The molecule has 1 rings (SSSR count). The number of rotatable bonds is 4. The number of carbonyl (C=O) groups excluding carboxylic acids is 1. The molecule has 1 atom stereocenters. The van der Waals surface area contributed by atoms with Gasteiger partial charge in [0, 0.05) is 6.42 Å².